The van der Waals surface area contributed by atoms with Crippen molar-refractivity contribution in [1.82, 2.24) is 0 Å². The molecule has 1 rings (SSSR count). The molecule has 0 saturated heterocycles. The molecule has 0 heterocycles. The van der Waals surface area contributed by atoms with Gasteiger partial charge in [0.1, 0.15) is 0 Å². The number of rotatable bonds is 5. The fourth-order valence-corrected chi connectivity index (χ4v) is 1.79. The van der Waals surface area contributed by atoms with Crippen LogP contribution in [0.25, 0.3) is 0 Å². The van der Waals surface area contributed by atoms with E-state index in [1.165, 1.54) is 0 Å². The first-order valence-corrected chi connectivity index (χ1v) is 6.42. The molecule has 2 N–H and O–H groups in total. The van der Waals surface area contributed by atoms with Crippen molar-refractivity contribution in [2.45, 2.75) is 51.9 Å². The Kier molecular flexibility index (Phi) is 4.99. The number of hydrogen-bond donors (Lipinski definition) is 1. The Morgan fingerprint density at radius 1 is 1.41 bits per heavy atom. The van der Waals surface area contributed by atoms with E-state index in [9.17, 15) is 0 Å². The van der Waals surface area contributed by atoms with Crippen LogP contribution in [0.5, 0.6) is 0 Å². The summed E-state index contributed by atoms with van der Waals surface area (Å²) >= 11 is 6.00. The van der Waals surface area contributed by atoms with E-state index in [1.807, 2.05) is 31.2 Å². The molecule has 1 aromatic rings. The standard InChI is InChI=1S/C14H22ClNO/c1-5-14(3,4)17-13(10(2)16)11-7-6-8-12(15)9-11/h6-10,13H,5,16H2,1-4H3. The Hall–Kier alpha value is -0.570. The molecule has 1 aromatic carbocycles. The summed E-state index contributed by atoms with van der Waals surface area (Å²) in [6.07, 6.45) is 0.820. The van der Waals surface area contributed by atoms with Gasteiger partial charge >= 0.3 is 0 Å². The monoisotopic (exact) mass is 255 g/mol. The van der Waals surface area contributed by atoms with Crippen molar-refractivity contribution in [3.05, 3.63) is 34.9 Å². The summed E-state index contributed by atoms with van der Waals surface area (Å²) in [5.41, 5.74) is 6.87. The summed E-state index contributed by atoms with van der Waals surface area (Å²) < 4.78 is 6.11. The van der Waals surface area contributed by atoms with Crippen LogP contribution in [-0.2, 0) is 4.74 Å². The van der Waals surface area contributed by atoms with Crippen molar-refractivity contribution in [2.24, 2.45) is 5.73 Å². The first-order valence-electron chi connectivity index (χ1n) is 6.04. The zero-order valence-corrected chi connectivity index (χ0v) is 11.8. The Balaban J connectivity index is 2.94. The van der Waals surface area contributed by atoms with E-state index in [-0.39, 0.29) is 17.7 Å². The molecule has 0 aromatic heterocycles. The van der Waals surface area contributed by atoms with Crippen molar-refractivity contribution in [2.75, 3.05) is 0 Å². The van der Waals surface area contributed by atoms with Crippen LogP contribution < -0.4 is 5.73 Å². The summed E-state index contributed by atoms with van der Waals surface area (Å²) in [5.74, 6) is 0. The number of nitrogens with two attached hydrogens (primary N) is 1. The maximum Gasteiger partial charge on any atom is 0.0980 e. The van der Waals surface area contributed by atoms with Crippen molar-refractivity contribution in [3.8, 4) is 0 Å². The molecule has 96 valence electrons. The van der Waals surface area contributed by atoms with E-state index in [0.29, 0.717) is 5.02 Å². The van der Waals surface area contributed by atoms with Crippen molar-refractivity contribution < 1.29 is 4.74 Å². The van der Waals surface area contributed by atoms with Gasteiger partial charge in [-0.15, -0.1) is 0 Å². The van der Waals surface area contributed by atoms with Crippen molar-refractivity contribution >= 4 is 11.6 Å². The molecule has 0 radical (unpaired) electrons. The largest absolute Gasteiger partial charge is 0.366 e. The predicted molar refractivity (Wildman–Crippen MR) is 73.3 cm³/mol. The van der Waals surface area contributed by atoms with Gasteiger partial charge in [0.2, 0.25) is 0 Å². The molecule has 0 fully saturated rings. The first-order chi connectivity index (χ1) is 7.85. The lowest BCUT2D eigenvalue weighted by Crippen LogP contribution is -2.34. The van der Waals surface area contributed by atoms with E-state index in [4.69, 9.17) is 22.1 Å². The molecule has 0 aliphatic carbocycles. The molecule has 0 bridgehead atoms. The highest BCUT2D eigenvalue weighted by Gasteiger charge is 2.25. The zero-order valence-electron chi connectivity index (χ0n) is 11.0. The molecule has 0 aliphatic heterocycles. The van der Waals surface area contributed by atoms with Gasteiger partial charge in [0.15, 0.2) is 0 Å². The van der Waals surface area contributed by atoms with Gasteiger partial charge in [0.25, 0.3) is 0 Å². The van der Waals surface area contributed by atoms with Crippen LogP contribution in [0, 0.1) is 0 Å². The molecule has 2 unspecified atom stereocenters. The van der Waals surface area contributed by atoms with Crippen LogP contribution in [0.1, 0.15) is 45.8 Å². The third-order valence-corrected chi connectivity index (χ3v) is 3.19. The van der Waals surface area contributed by atoms with E-state index >= 15 is 0 Å². The summed E-state index contributed by atoms with van der Waals surface area (Å²) in [5, 5.41) is 0.714. The quantitative estimate of drug-likeness (QED) is 0.865. The number of hydrogen-bond acceptors (Lipinski definition) is 2. The Morgan fingerprint density at radius 3 is 2.53 bits per heavy atom. The molecule has 2 nitrogen and oxygen atoms in total. The van der Waals surface area contributed by atoms with Crippen LogP contribution >= 0.6 is 11.6 Å². The second-order valence-corrected chi connectivity index (χ2v) is 5.50. The summed E-state index contributed by atoms with van der Waals surface area (Å²) in [4.78, 5) is 0. The Labute approximate surface area is 109 Å². The summed E-state index contributed by atoms with van der Waals surface area (Å²) in [6.45, 7) is 8.22. The summed E-state index contributed by atoms with van der Waals surface area (Å²) in [7, 11) is 0. The highest BCUT2D eigenvalue weighted by Crippen LogP contribution is 2.29. The molecule has 3 heteroatoms. The normalized spacial score (nSPS) is 15.6. The van der Waals surface area contributed by atoms with Gasteiger partial charge < -0.3 is 10.5 Å². The number of benzene rings is 1. The Bertz CT molecular complexity index is 363. The fourth-order valence-electron chi connectivity index (χ4n) is 1.59. The lowest BCUT2D eigenvalue weighted by atomic mass is 10.0. The fraction of sp³-hybridized carbons (Fsp3) is 0.571. The molecular weight excluding hydrogens is 234 g/mol. The van der Waals surface area contributed by atoms with Gasteiger partial charge in [0, 0.05) is 11.1 Å². The summed E-state index contributed by atoms with van der Waals surface area (Å²) in [6, 6.07) is 7.63. The lowest BCUT2D eigenvalue weighted by molar-refractivity contribution is -0.0833. The molecular formula is C14H22ClNO. The maximum atomic E-state index is 6.11. The van der Waals surface area contributed by atoms with Crippen LogP contribution in [0.2, 0.25) is 5.02 Å². The van der Waals surface area contributed by atoms with Gasteiger partial charge in [-0.25, -0.2) is 0 Å². The zero-order chi connectivity index (χ0) is 13.1. The smallest absolute Gasteiger partial charge is 0.0980 e. The molecule has 0 amide bonds. The Morgan fingerprint density at radius 2 is 2.06 bits per heavy atom. The SMILES string of the molecule is CCC(C)(C)OC(c1cccc(Cl)c1)C(C)N. The maximum absolute atomic E-state index is 6.11. The highest BCUT2D eigenvalue weighted by molar-refractivity contribution is 6.30. The second-order valence-electron chi connectivity index (χ2n) is 5.07. The van der Waals surface area contributed by atoms with E-state index < -0.39 is 0 Å². The van der Waals surface area contributed by atoms with Crippen LogP contribution in [0.15, 0.2) is 24.3 Å². The second kappa shape index (κ2) is 5.85. The van der Waals surface area contributed by atoms with E-state index in [1.54, 1.807) is 0 Å². The number of halogens is 1. The third-order valence-electron chi connectivity index (χ3n) is 2.95. The highest BCUT2D eigenvalue weighted by atomic mass is 35.5. The van der Waals surface area contributed by atoms with Crippen LogP contribution in [0.4, 0.5) is 0 Å². The lowest BCUT2D eigenvalue weighted by Gasteiger charge is -2.32. The molecule has 0 spiro atoms. The third kappa shape index (κ3) is 4.30. The van der Waals surface area contributed by atoms with Crippen LogP contribution in [0.3, 0.4) is 0 Å². The predicted octanol–water partition coefficient (Wildman–Crippen LogP) is 3.93. The minimum atomic E-state index is -0.180. The van der Waals surface area contributed by atoms with Crippen molar-refractivity contribution in [1.29, 1.82) is 0 Å². The van der Waals surface area contributed by atoms with Gasteiger partial charge in [-0.1, -0.05) is 30.7 Å². The first kappa shape index (κ1) is 14.5. The van der Waals surface area contributed by atoms with Crippen LogP contribution in [-0.4, -0.2) is 11.6 Å². The molecule has 0 saturated carbocycles. The average molecular weight is 256 g/mol. The van der Waals surface area contributed by atoms with Crippen molar-refractivity contribution in [3.63, 3.8) is 0 Å². The molecule has 0 aliphatic rings. The molecule has 2 atom stereocenters. The van der Waals surface area contributed by atoms with E-state index in [0.717, 1.165) is 12.0 Å². The molecule has 17 heavy (non-hydrogen) atoms. The van der Waals surface area contributed by atoms with E-state index in [2.05, 4.69) is 20.8 Å². The van der Waals surface area contributed by atoms with Gasteiger partial charge in [0.05, 0.1) is 11.7 Å². The average Bonchev–Trinajstić information content (AvgIpc) is 2.25. The minimum absolute atomic E-state index is 0.0701. The van der Waals surface area contributed by atoms with Gasteiger partial charge in [-0.3, -0.25) is 0 Å². The minimum Gasteiger partial charge on any atom is -0.366 e. The van der Waals surface area contributed by atoms with Gasteiger partial charge in [-0.2, -0.15) is 0 Å². The topological polar surface area (TPSA) is 35.2 Å². The van der Waals surface area contributed by atoms with Gasteiger partial charge in [-0.05, 0) is 44.9 Å². The number of ether oxygens (including phenoxy) is 1.